The lowest BCUT2D eigenvalue weighted by atomic mass is 9.80. The van der Waals surface area contributed by atoms with Crippen LogP contribution in [0.15, 0.2) is 107 Å². The van der Waals surface area contributed by atoms with E-state index in [9.17, 15) is 29.0 Å². The number of aromatic nitrogens is 2. The van der Waals surface area contributed by atoms with Crippen molar-refractivity contribution in [2.75, 3.05) is 6.61 Å². The van der Waals surface area contributed by atoms with Gasteiger partial charge in [-0.05, 0) is 23.6 Å². The molecule has 3 atom stereocenters. The first-order chi connectivity index (χ1) is 19.1. The molecule has 40 heavy (non-hydrogen) atoms. The molecule has 0 amide bonds. The van der Waals surface area contributed by atoms with Gasteiger partial charge in [0.2, 0.25) is 0 Å². The number of hydrogen-bond donors (Lipinski definition) is 4. The summed E-state index contributed by atoms with van der Waals surface area (Å²) in [5.41, 5.74) is -0.242. The van der Waals surface area contributed by atoms with Crippen molar-refractivity contribution in [3.63, 3.8) is 0 Å². The number of H-pyrrole nitrogens is 1. The van der Waals surface area contributed by atoms with Crippen molar-refractivity contribution >= 4 is 7.60 Å². The third-order valence-electron chi connectivity index (χ3n) is 7.26. The van der Waals surface area contributed by atoms with Crippen molar-refractivity contribution in [2.24, 2.45) is 0 Å². The van der Waals surface area contributed by atoms with Crippen molar-refractivity contribution in [2.45, 2.75) is 36.6 Å². The van der Waals surface area contributed by atoms with Crippen molar-refractivity contribution in [3.05, 3.63) is 140 Å². The van der Waals surface area contributed by atoms with Gasteiger partial charge in [-0.25, -0.2) is 4.79 Å². The molecule has 0 spiro atoms. The summed E-state index contributed by atoms with van der Waals surface area (Å²) in [6, 6.07) is 28.1. The van der Waals surface area contributed by atoms with Gasteiger partial charge in [-0.3, -0.25) is 18.9 Å². The quantitative estimate of drug-likeness (QED) is 0.188. The number of nitrogens with zero attached hydrogens (tertiary/aromatic N) is 1. The second-order valence-corrected chi connectivity index (χ2v) is 11.6. The van der Waals surface area contributed by atoms with E-state index < -0.39 is 55.1 Å². The maximum Gasteiger partial charge on any atom is 0.359 e. The van der Waals surface area contributed by atoms with Gasteiger partial charge in [-0.15, -0.1) is 0 Å². The molecule has 208 valence electrons. The van der Waals surface area contributed by atoms with Crippen LogP contribution in [0.2, 0.25) is 0 Å². The van der Waals surface area contributed by atoms with E-state index in [-0.39, 0.29) is 5.56 Å². The molecule has 1 saturated heterocycles. The molecular weight excluding hydrogens is 535 g/mol. The summed E-state index contributed by atoms with van der Waals surface area (Å²) < 4.78 is 26.2. The zero-order chi connectivity index (χ0) is 28.5. The van der Waals surface area contributed by atoms with Gasteiger partial charge in [-0.1, -0.05) is 91.0 Å². The molecule has 2 heterocycles. The van der Waals surface area contributed by atoms with Gasteiger partial charge < -0.3 is 24.4 Å². The van der Waals surface area contributed by atoms with Crippen LogP contribution in [0.1, 0.15) is 34.9 Å². The first-order valence-corrected chi connectivity index (χ1v) is 14.2. The molecular formula is C29H29N2O8P. The van der Waals surface area contributed by atoms with E-state index in [0.717, 1.165) is 21.3 Å². The summed E-state index contributed by atoms with van der Waals surface area (Å²) in [6.45, 7) is 1.03. The Morgan fingerprint density at radius 3 is 1.88 bits per heavy atom. The molecule has 0 aliphatic carbocycles. The third-order valence-corrected chi connectivity index (χ3v) is 8.74. The van der Waals surface area contributed by atoms with Crippen molar-refractivity contribution in [3.8, 4) is 0 Å². The summed E-state index contributed by atoms with van der Waals surface area (Å²) in [5.74, 6) is 0. The van der Waals surface area contributed by atoms with Crippen LogP contribution in [0, 0.1) is 6.92 Å². The molecule has 3 aromatic carbocycles. The van der Waals surface area contributed by atoms with Crippen LogP contribution < -0.4 is 11.2 Å². The topological polar surface area (TPSA) is 151 Å². The molecule has 0 bridgehead atoms. The molecule has 5 rings (SSSR count). The minimum absolute atomic E-state index is 0.193. The van der Waals surface area contributed by atoms with Gasteiger partial charge in [-0.2, -0.15) is 0 Å². The molecule has 4 N–H and O–H groups in total. The SMILES string of the molecule is Cc1cn([C@H]2C[C@](O)(P(=O)(O)O)[C@@H](COC(c3ccccc3)(c3ccccc3)c3ccccc3)O2)c(=O)[nH]c1=O. The molecule has 10 nitrogen and oxygen atoms in total. The fourth-order valence-electron chi connectivity index (χ4n) is 5.15. The number of hydrogen-bond acceptors (Lipinski definition) is 6. The van der Waals surface area contributed by atoms with Gasteiger partial charge in [0.05, 0.1) is 6.61 Å². The second-order valence-electron chi connectivity index (χ2n) is 9.78. The minimum atomic E-state index is -5.21. The molecule has 1 fully saturated rings. The zero-order valence-electron chi connectivity index (χ0n) is 21.6. The Labute approximate surface area is 229 Å². The standard InChI is InChI=1S/C29H29N2O8P/c1-20-18-31(27(33)30-26(20)32)25-17-28(34,40(35,36)37)24(39-25)19-38-29(21-11-5-2-6-12-21,22-13-7-3-8-14-22)23-15-9-4-10-16-23/h2-16,18,24-25,34H,17,19H2,1H3,(H,30,32,33)(H2,35,36,37)/t24-,25-,28+/m1/s1. The number of aliphatic hydroxyl groups is 1. The van der Waals surface area contributed by atoms with Crippen LogP contribution in [0.25, 0.3) is 0 Å². The highest BCUT2D eigenvalue weighted by molar-refractivity contribution is 7.53. The van der Waals surface area contributed by atoms with Gasteiger partial charge in [0.15, 0.2) is 5.34 Å². The average molecular weight is 565 g/mol. The highest BCUT2D eigenvalue weighted by Crippen LogP contribution is 2.59. The van der Waals surface area contributed by atoms with Crippen molar-refractivity contribution < 1.29 is 28.9 Å². The molecule has 0 unspecified atom stereocenters. The van der Waals surface area contributed by atoms with E-state index in [0.29, 0.717) is 0 Å². The van der Waals surface area contributed by atoms with E-state index in [1.807, 2.05) is 91.0 Å². The first-order valence-electron chi connectivity index (χ1n) is 12.6. The molecule has 1 aliphatic heterocycles. The van der Waals surface area contributed by atoms with Crippen LogP contribution in [-0.4, -0.2) is 42.5 Å². The Kier molecular flexibility index (Phi) is 7.50. The smallest absolute Gasteiger partial charge is 0.359 e. The molecule has 1 aliphatic rings. The van der Waals surface area contributed by atoms with Crippen LogP contribution in [0.5, 0.6) is 0 Å². The lowest BCUT2D eigenvalue weighted by Gasteiger charge is -2.38. The fourth-order valence-corrected chi connectivity index (χ4v) is 6.05. The Hall–Kier alpha value is -3.63. The molecule has 0 radical (unpaired) electrons. The van der Waals surface area contributed by atoms with Gasteiger partial charge in [0, 0.05) is 18.2 Å². The highest BCUT2D eigenvalue weighted by atomic mass is 31.2. The van der Waals surface area contributed by atoms with Crippen molar-refractivity contribution in [1.29, 1.82) is 0 Å². The summed E-state index contributed by atoms with van der Waals surface area (Å²) in [7, 11) is -5.21. The summed E-state index contributed by atoms with van der Waals surface area (Å²) in [5, 5.41) is 8.72. The molecule has 11 heteroatoms. The second kappa shape index (κ2) is 10.7. The zero-order valence-corrected chi connectivity index (χ0v) is 22.5. The number of aromatic amines is 1. The van der Waals surface area contributed by atoms with Crippen LogP contribution in [-0.2, 0) is 19.6 Å². The maximum absolute atomic E-state index is 12.6. The Bertz CT molecular complexity index is 1540. The number of nitrogens with one attached hydrogen (secondary N) is 1. The highest BCUT2D eigenvalue weighted by Gasteiger charge is 2.60. The summed E-state index contributed by atoms with van der Waals surface area (Å²) in [4.78, 5) is 47.0. The van der Waals surface area contributed by atoms with Crippen molar-refractivity contribution in [1.82, 2.24) is 9.55 Å². The largest absolute Gasteiger partial charge is 0.375 e. The van der Waals surface area contributed by atoms with Crippen LogP contribution in [0.3, 0.4) is 0 Å². The van der Waals surface area contributed by atoms with E-state index in [1.165, 1.54) is 13.1 Å². The summed E-state index contributed by atoms with van der Waals surface area (Å²) in [6.07, 6.45) is -2.18. The number of rotatable bonds is 8. The molecule has 4 aromatic rings. The van der Waals surface area contributed by atoms with Gasteiger partial charge in [0.1, 0.15) is 17.9 Å². The number of aryl methyl sites for hydroxylation is 1. The summed E-state index contributed by atoms with van der Waals surface area (Å²) >= 11 is 0. The third kappa shape index (κ3) is 4.90. The van der Waals surface area contributed by atoms with Gasteiger partial charge >= 0.3 is 13.3 Å². The molecule has 1 aromatic heterocycles. The predicted octanol–water partition coefficient (Wildman–Crippen LogP) is 3.01. The maximum atomic E-state index is 12.6. The Morgan fingerprint density at radius 1 is 0.950 bits per heavy atom. The predicted molar refractivity (Wildman–Crippen MR) is 147 cm³/mol. The van der Waals surface area contributed by atoms with Gasteiger partial charge in [0.25, 0.3) is 5.56 Å². The van der Waals surface area contributed by atoms with Crippen LogP contribution >= 0.6 is 7.60 Å². The normalized spacial score (nSPS) is 21.4. The molecule has 0 saturated carbocycles. The number of ether oxygens (including phenoxy) is 2. The lowest BCUT2D eigenvalue weighted by Crippen LogP contribution is -2.44. The minimum Gasteiger partial charge on any atom is -0.375 e. The van der Waals surface area contributed by atoms with E-state index >= 15 is 0 Å². The fraction of sp³-hybridized carbons (Fsp3) is 0.241. The average Bonchev–Trinajstić information content (AvgIpc) is 3.30. The number of benzene rings is 3. The van der Waals surface area contributed by atoms with E-state index in [2.05, 4.69) is 4.98 Å². The monoisotopic (exact) mass is 564 g/mol. The van der Waals surface area contributed by atoms with E-state index in [4.69, 9.17) is 9.47 Å². The van der Waals surface area contributed by atoms with Crippen LogP contribution in [0.4, 0.5) is 0 Å². The Morgan fingerprint density at radius 2 is 1.43 bits per heavy atom. The van der Waals surface area contributed by atoms with E-state index in [1.54, 1.807) is 0 Å². The first kappa shape index (κ1) is 27.9. The Balaban J connectivity index is 1.60. The lowest BCUT2D eigenvalue weighted by molar-refractivity contribution is -0.105.